The smallest absolute Gasteiger partial charge is 0.138 e. The van der Waals surface area contributed by atoms with Crippen LogP contribution in [-0.2, 0) is 25.7 Å². The molecule has 5 rings (SSSR count). The molecule has 4 aromatic rings. The predicted molar refractivity (Wildman–Crippen MR) is 122 cm³/mol. The van der Waals surface area contributed by atoms with Crippen LogP contribution in [-0.4, -0.2) is 16.5 Å². The van der Waals surface area contributed by atoms with Crippen LogP contribution in [0.3, 0.4) is 0 Å². The minimum absolute atomic E-state index is 0.755. The Balaban J connectivity index is 1.43. The van der Waals surface area contributed by atoms with E-state index in [-0.39, 0.29) is 0 Å². The van der Waals surface area contributed by atoms with Gasteiger partial charge < -0.3 is 5.32 Å². The summed E-state index contributed by atoms with van der Waals surface area (Å²) in [6, 6.07) is 18.5. The summed E-state index contributed by atoms with van der Waals surface area (Å²) in [7, 11) is 0. The van der Waals surface area contributed by atoms with E-state index in [2.05, 4.69) is 41.7 Å². The number of aryl methyl sites for hydroxylation is 2. The molecule has 0 unspecified atom stereocenters. The summed E-state index contributed by atoms with van der Waals surface area (Å²) in [6.45, 7) is 0.836. The van der Waals surface area contributed by atoms with Crippen LogP contribution in [0.15, 0.2) is 54.6 Å². The van der Waals surface area contributed by atoms with Crippen molar-refractivity contribution in [1.82, 2.24) is 9.97 Å². The summed E-state index contributed by atoms with van der Waals surface area (Å²) in [6.07, 6.45) is 5.25. The van der Waals surface area contributed by atoms with Gasteiger partial charge in [0, 0.05) is 22.9 Å². The number of benzene rings is 2. The van der Waals surface area contributed by atoms with Crippen molar-refractivity contribution in [2.45, 2.75) is 32.1 Å². The Labute approximate surface area is 179 Å². The molecular weight excluding hydrogens is 398 g/mol. The molecule has 29 heavy (non-hydrogen) atoms. The standard InChI is InChI=1S/C24H22ClN3S/c25-18-11-9-16(10-12-18)13-14-26-23-22-19-7-4-8-20(19)29-24(22)28-21(27-23)15-17-5-2-1-3-6-17/h1-3,5-6,9-12H,4,7-8,13-15H2,(H,26,27,28). The first-order valence-corrected chi connectivity index (χ1v) is 11.3. The fourth-order valence-corrected chi connectivity index (χ4v) is 5.41. The van der Waals surface area contributed by atoms with Crippen molar-refractivity contribution in [3.63, 3.8) is 0 Å². The fourth-order valence-electron chi connectivity index (χ4n) is 4.00. The molecule has 1 N–H and O–H groups in total. The number of nitrogens with zero attached hydrogens (tertiary/aromatic N) is 2. The number of hydrogen-bond donors (Lipinski definition) is 1. The molecule has 1 aliphatic carbocycles. The highest BCUT2D eigenvalue weighted by Crippen LogP contribution is 2.39. The third-order valence-electron chi connectivity index (χ3n) is 5.44. The molecule has 0 atom stereocenters. The number of fused-ring (bicyclic) bond motifs is 3. The van der Waals surface area contributed by atoms with Gasteiger partial charge >= 0.3 is 0 Å². The van der Waals surface area contributed by atoms with Gasteiger partial charge in [-0.05, 0) is 54.5 Å². The molecule has 2 aromatic heterocycles. The average molecular weight is 420 g/mol. The summed E-state index contributed by atoms with van der Waals surface area (Å²) in [5, 5.41) is 5.64. The molecule has 0 radical (unpaired) electrons. The second-order valence-corrected chi connectivity index (χ2v) is 9.01. The van der Waals surface area contributed by atoms with Crippen LogP contribution >= 0.6 is 22.9 Å². The first-order chi connectivity index (χ1) is 14.3. The molecule has 2 aromatic carbocycles. The lowest BCUT2D eigenvalue weighted by Crippen LogP contribution is -2.09. The van der Waals surface area contributed by atoms with Crippen LogP contribution in [0.2, 0.25) is 5.02 Å². The summed E-state index contributed by atoms with van der Waals surface area (Å²) in [5.74, 6) is 1.88. The molecule has 0 amide bonds. The van der Waals surface area contributed by atoms with Crippen LogP contribution in [0.1, 0.15) is 33.8 Å². The molecule has 2 heterocycles. The highest BCUT2D eigenvalue weighted by atomic mass is 35.5. The zero-order valence-corrected chi connectivity index (χ0v) is 17.7. The van der Waals surface area contributed by atoms with E-state index in [4.69, 9.17) is 21.6 Å². The first kappa shape index (κ1) is 18.6. The van der Waals surface area contributed by atoms with Crippen molar-refractivity contribution >= 4 is 39.0 Å². The zero-order chi connectivity index (χ0) is 19.6. The predicted octanol–water partition coefficient (Wildman–Crippen LogP) is 6.08. The molecule has 1 aliphatic rings. The highest BCUT2D eigenvalue weighted by molar-refractivity contribution is 7.19. The molecule has 0 fully saturated rings. The van der Waals surface area contributed by atoms with E-state index in [1.807, 2.05) is 29.5 Å². The topological polar surface area (TPSA) is 37.8 Å². The van der Waals surface area contributed by atoms with Crippen LogP contribution in [0.5, 0.6) is 0 Å². The lowest BCUT2D eigenvalue weighted by molar-refractivity contribution is 0.915. The number of thiophene rings is 1. The number of aromatic nitrogens is 2. The van der Waals surface area contributed by atoms with Gasteiger partial charge in [0.15, 0.2) is 0 Å². The molecule has 0 bridgehead atoms. The van der Waals surface area contributed by atoms with Crippen molar-refractivity contribution < 1.29 is 0 Å². The third-order valence-corrected chi connectivity index (χ3v) is 6.87. The second-order valence-electron chi connectivity index (χ2n) is 7.49. The first-order valence-electron chi connectivity index (χ1n) is 10.1. The van der Waals surface area contributed by atoms with Crippen LogP contribution in [0.25, 0.3) is 10.2 Å². The third kappa shape index (κ3) is 4.00. The van der Waals surface area contributed by atoms with Gasteiger partial charge in [0.25, 0.3) is 0 Å². The Morgan fingerprint density at radius 1 is 0.931 bits per heavy atom. The summed E-state index contributed by atoms with van der Waals surface area (Å²) in [5.41, 5.74) is 3.97. The Bertz CT molecular complexity index is 1140. The van der Waals surface area contributed by atoms with Gasteiger partial charge in [-0.2, -0.15) is 0 Å². The lowest BCUT2D eigenvalue weighted by Gasteiger charge is -2.11. The van der Waals surface area contributed by atoms with Crippen LogP contribution in [0, 0.1) is 0 Å². The number of halogens is 1. The zero-order valence-electron chi connectivity index (χ0n) is 16.1. The minimum atomic E-state index is 0.755. The van der Waals surface area contributed by atoms with E-state index < -0.39 is 0 Å². The fraction of sp³-hybridized carbons (Fsp3) is 0.250. The van der Waals surface area contributed by atoms with Crippen LogP contribution in [0.4, 0.5) is 5.82 Å². The molecular formula is C24H22ClN3S. The van der Waals surface area contributed by atoms with Gasteiger partial charge in [-0.15, -0.1) is 11.3 Å². The Morgan fingerprint density at radius 2 is 1.76 bits per heavy atom. The van der Waals surface area contributed by atoms with E-state index in [0.29, 0.717) is 0 Å². The minimum Gasteiger partial charge on any atom is -0.369 e. The van der Waals surface area contributed by atoms with Crippen molar-refractivity contribution in [1.29, 1.82) is 0 Å². The quantitative estimate of drug-likeness (QED) is 0.411. The van der Waals surface area contributed by atoms with E-state index in [0.717, 1.165) is 47.3 Å². The van der Waals surface area contributed by atoms with Gasteiger partial charge in [-0.25, -0.2) is 9.97 Å². The number of anilines is 1. The molecule has 0 spiro atoms. The van der Waals surface area contributed by atoms with Gasteiger partial charge in [-0.3, -0.25) is 0 Å². The SMILES string of the molecule is Clc1ccc(CCNc2nc(Cc3ccccc3)nc3sc4c(c23)CCC4)cc1. The number of hydrogen-bond acceptors (Lipinski definition) is 4. The van der Waals surface area contributed by atoms with Crippen molar-refractivity contribution in [2.75, 3.05) is 11.9 Å². The maximum atomic E-state index is 6.00. The lowest BCUT2D eigenvalue weighted by atomic mass is 10.1. The largest absolute Gasteiger partial charge is 0.369 e. The Morgan fingerprint density at radius 3 is 2.59 bits per heavy atom. The van der Waals surface area contributed by atoms with Crippen molar-refractivity contribution in [3.05, 3.63) is 87.0 Å². The van der Waals surface area contributed by atoms with E-state index in [1.54, 1.807) is 0 Å². The van der Waals surface area contributed by atoms with Gasteiger partial charge in [-0.1, -0.05) is 54.1 Å². The summed E-state index contributed by atoms with van der Waals surface area (Å²) in [4.78, 5) is 12.5. The van der Waals surface area contributed by atoms with E-state index in [1.165, 1.54) is 39.8 Å². The molecule has 5 heteroatoms. The number of rotatable bonds is 6. The Hall–Kier alpha value is -2.43. The molecule has 0 saturated heterocycles. The second kappa shape index (κ2) is 8.13. The molecule has 0 aliphatic heterocycles. The van der Waals surface area contributed by atoms with Gasteiger partial charge in [0.05, 0.1) is 5.39 Å². The summed E-state index contributed by atoms with van der Waals surface area (Å²) >= 11 is 7.85. The molecule has 3 nitrogen and oxygen atoms in total. The van der Waals surface area contributed by atoms with Crippen molar-refractivity contribution in [3.8, 4) is 0 Å². The highest BCUT2D eigenvalue weighted by Gasteiger charge is 2.22. The molecule has 146 valence electrons. The van der Waals surface area contributed by atoms with Crippen molar-refractivity contribution in [2.24, 2.45) is 0 Å². The Kier molecular flexibility index (Phi) is 5.21. The average Bonchev–Trinajstić information content (AvgIpc) is 3.31. The van der Waals surface area contributed by atoms with Gasteiger partial charge in [0.2, 0.25) is 0 Å². The summed E-state index contributed by atoms with van der Waals surface area (Å²) < 4.78 is 0. The van der Waals surface area contributed by atoms with Gasteiger partial charge in [0.1, 0.15) is 16.5 Å². The maximum absolute atomic E-state index is 6.00. The molecule has 0 saturated carbocycles. The maximum Gasteiger partial charge on any atom is 0.138 e. The van der Waals surface area contributed by atoms with Crippen LogP contribution < -0.4 is 5.32 Å². The number of nitrogens with one attached hydrogen (secondary N) is 1. The van der Waals surface area contributed by atoms with E-state index >= 15 is 0 Å². The normalized spacial score (nSPS) is 13.0. The van der Waals surface area contributed by atoms with E-state index in [9.17, 15) is 0 Å². The monoisotopic (exact) mass is 419 g/mol.